The Kier molecular flexibility index (Phi) is 5.71. The van der Waals surface area contributed by atoms with Crippen molar-refractivity contribution in [2.45, 2.75) is 17.9 Å². The number of H-pyrrole nitrogens is 1. The summed E-state index contributed by atoms with van der Waals surface area (Å²) in [4.78, 5) is 14.9. The second-order valence-corrected chi connectivity index (χ2v) is 8.20. The third kappa shape index (κ3) is 4.52. The first-order valence-electron chi connectivity index (χ1n) is 8.28. The number of hydrogen-bond acceptors (Lipinski definition) is 3. The van der Waals surface area contributed by atoms with Gasteiger partial charge < -0.3 is 10.3 Å². The van der Waals surface area contributed by atoms with Crippen LogP contribution in [-0.2, 0) is 10.0 Å². The van der Waals surface area contributed by atoms with Gasteiger partial charge in [-0.3, -0.25) is 9.52 Å². The van der Waals surface area contributed by atoms with Crippen LogP contribution >= 0.6 is 11.6 Å². The minimum atomic E-state index is -4.05. The number of benzene rings is 2. The molecule has 0 unspecified atom stereocenters. The Hall–Kier alpha value is -2.84. The van der Waals surface area contributed by atoms with Gasteiger partial charge in [-0.25, -0.2) is 12.8 Å². The van der Waals surface area contributed by atoms with Crippen LogP contribution in [0.2, 0.25) is 5.02 Å². The summed E-state index contributed by atoms with van der Waals surface area (Å²) in [5.74, 6) is -1.17. The Balaban J connectivity index is 1.73. The van der Waals surface area contributed by atoms with Crippen molar-refractivity contribution >= 4 is 33.2 Å². The zero-order chi connectivity index (χ0) is 20.3. The molecule has 1 atom stereocenters. The number of carbonyl (C=O) groups excluding carboxylic acids is 1. The molecule has 6 nitrogen and oxygen atoms in total. The number of rotatable bonds is 6. The predicted octanol–water partition coefficient (Wildman–Crippen LogP) is 4.10. The number of para-hydroxylation sites is 1. The molecule has 9 heteroatoms. The van der Waals surface area contributed by atoms with E-state index in [1.165, 1.54) is 30.5 Å². The van der Waals surface area contributed by atoms with Gasteiger partial charge in [0.1, 0.15) is 16.4 Å². The van der Waals surface area contributed by atoms with Crippen LogP contribution in [0.1, 0.15) is 29.0 Å². The Bertz CT molecular complexity index is 1100. The van der Waals surface area contributed by atoms with Gasteiger partial charge >= 0.3 is 0 Å². The smallest absolute Gasteiger partial charge is 0.268 e. The zero-order valence-corrected chi connectivity index (χ0v) is 16.3. The summed E-state index contributed by atoms with van der Waals surface area (Å²) in [5, 5.41) is 3.35. The number of halogens is 2. The number of aromatic amines is 1. The second-order valence-electron chi connectivity index (χ2n) is 6.08. The van der Waals surface area contributed by atoms with E-state index in [0.29, 0.717) is 5.02 Å². The molecular formula is C19H17ClFN3O3S. The highest BCUT2D eigenvalue weighted by Gasteiger charge is 2.20. The van der Waals surface area contributed by atoms with E-state index >= 15 is 0 Å². The highest BCUT2D eigenvalue weighted by Crippen LogP contribution is 2.20. The molecule has 28 heavy (non-hydrogen) atoms. The molecule has 0 spiro atoms. The van der Waals surface area contributed by atoms with Crippen LogP contribution in [0.25, 0.3) is 0 Å². The van der Waals surface area contributed by atoms with Crippen LogP contribution in [0.4, 0.5) is 10.1 Å². The van der Waals surface area contributed by atoms with Gasteiger partial charge in [-0.1, -0.05) is 35.9 Å². The van der Waals surface area contributed by atoms with Gasteiger partial charge in [0.15, 0.2) is 0 Å². The van der Waals surface area contributed by atoms with Gasteiger partial charge in [0.2, 0.25) is 0 Å². The van der Waals surface area contributed by atoms with Crippen molar-refractivity contribution < 1.29 is 17.6 Å². The molecule has 0 saturated heterocycles. The SMILES string of the molecule is C[C@H](NC(=O)c1cc(S(=O)(=O)Nc2ccccc2F)c[nH]1)c1ccc(Cl)cc1. The molecule has 146 valence electrons. The number of anilines is 1. The first kappa shape index (κ1) is 19.9. The molecule has 3 rings (SSSR count). The molecule has 0 bridgehead atoms. The molecule has 0 aliphatic rings. The fourth-order valence-electron chi connectivity index (χ4n) is 2.52. The Morgan fingerprint density at radius 2 is 1.82 bits per heavy atom. The highest BCUT2D eigenvalue weighted by atomic mass is 35.5. The van der Waals surface area contributed by atoms with E-state index in [2.05, 4.69) is 15.0 Å². The van der Waals surface area contributed by atoms with E-state index in [1.54, 1.807) is 31.2 Å². The fraction of sp³-hybridized carbons (Fsp3) is 0.105. The largest absolute Gasteiger partial charge is 0.356 e. The minimum Gasteiger partial charge on any atom is -0.356 e. The van der Waals surface area contributed by atoms with E-state index in [9.17, 15) is 17.6 Å². The summed E-state index contributed by atoms with van der Waals surface area (Å²) in [6, 6.07) is 13.3. The van der Waals surface area contributed by atoms with E-state index in [4.69, 9.17) is 11.6 Å². The normalized spacial score (nSPS) is 12.4. The summed E-state index contributed by atoms with van der Waals surface area (Å²) in [7, 11) is -4.05. The molecule has 3 aromatic rings. The van der Waals surface area contributed by atoms with Gasteiger partial charge in [-0.15, -0.1) is 0 Å². The van der Waals surface area contributed by atoms with Crippen molar-refractivity contribution in [3.05, 3.63) is 82.9 Å². The molecule has 1 aromatic heterocycles. The van der Waals surface area contributed by atoms with Crippen molar-refractivity contribution in [2.75, 3.05) is 4.72 Å². The molecule has 0 saturated carbocycles. The van der Waals surface area contributed by atoms with Gasteiger partial charge in [-0.2, -0.15) is 0 Å². The third-order valence-corrected chi connectivity index (χ3v) is 5.64. The first-order valence-corrected chi connectivity index (χ1v) is 10.1. The lowest BCUT2D eigenvalue weighted by Gasteiger charge is -2.13. The van der Waals surface area contributed by atoms with Crippen molar-refractivity contribution in [1.29, 1.82) is 0 Å². The van der Waals surface area contributed by atoms with Crippen molar-refractivity contribution in [3.8, 4) is 0 Å². The van der Waals surface area contributed by atoms with E-state index in [-0.39, 0.29) is 22.3 Å². The van der Waals surface area contributed by atoms with Gasteiger partial charge in [0.25, 0.3) is 15.9 Å². The van der Waals surface area contributed by atoms with Crippen LogP contribution in [0, 0.1) is 5.82 Å². The van der Waals surface area contributed by atoms with E-state index < -0.39 is 21.7 Å². The number of aromatic nitrogens is 1. The lowest BCUT2D eigenvalue weighted by atomic mass is 10.1. The van der Waals surface area contributed by atoms with Crippen molar-refractivity contribution in [2.24, 2.45) is 0 Å². The van der Waals surface area contributed by atoms with Crippen molar-refractivity contribution in [1.82, 2.24) is 10.3 Å². The fourth-order valence-corrected chi connectivity index (χ4v) is 3.70. The quantitative estimate of drug-likeness (QED) is 0.559. The minimum absolute atomic E-state index is 0.0646. The van der Waals surface area contributed by atoms with Crippen LogP contribution < -0.4 is 10.0 Å². The summed E-state index contributed by atoms with van der Waals surface area (Å²) in [6.07, 6.45) is 1.17. The van der Waals surface area contributed by atoms with Gasteiger partial charge in [0, 0.05) is 11.2 Å². The summed E-state index contributed by atoms with van der Waals surface area (Å²) >= 11 is 5.85. The Morgan fingerprint density at radius 1 is 1.14 bits per heavy atom. The standard InChI is InChI=1S/C19H17ClFN3O3S/c1-12(13-6-8-14(20)9-7-13)23-19(25)18-10-15(11-22-18)28(26,27)24-17-5-3-2-4-16(17)21/h2-12,22,24H,1H3,(H,23,25)/t12-/m0/s1. The molecule has 0 aliphatic carbocycles. The van der Waals surface area contributed by atoms with Gasteiger partial charge in [-0.05, 0) is 42.8 Å². The second kappa shape index (κ2) is 8.04. The summed E-state index contributed by atoms with van der Waals surface area (Å²) in [6.45, 7) is 1.79. The average Bonchev–Trinajstić information content (AvgIpc) is 3.15. The first-order chi connectivity index (χ1) is 13.3. The third-order valence-electron chi connectivity index (χ3n) is 4.05. The molecule has 2 aromatic carbocycles. The topological polar surface area (TPSA) is 91.1 Å². The van der Waals surface area contributed by atoms with Crippen LogP contribution in [0.5, 0.6) is 0 Å². The zero-order valence-electron chi connectivity index (χ0n) is 14.7. The molecule has 0 radical (unpaired) electrons. The number of amides is 1. The maximum absolute atomic E-state index is 13.7. The van der Waals surface area contributed by atoms with Gasteiger partial charge in [0.05, 0.1) is 11.7 Å². The Morgan fingerprint density at radius 3 is 2.50 bits per heavy atom. The number of hydrogen-bond donors (Lipinski definition) is 3. The number of sulfonamides is 1. The monoisotopic (exact) mass is 421 g/mol. The predicted molar refractivity (Wildman–Crippen MR) is 105 cm³/mol. The Labute approximate surface area is 166 Å². The summed E-state index contributed by atoms with van der Waals surface area (Å²) in [5.41, 5.74) is 0.735. The molecule has 1 heterocycles. The molecular weight excluding hydrogens is 405 g/mol. The molecule has 0 aliphatic heterocycles. The van der Waals surface area contributed by atoms with E-state index in [0.717, 1.165) is 11.6 Å². The maximum atomic E-state index is 13.7. The van der Waals surface area contributed by atoms with Crippen LogP contribution in [0.3, 0.4) is 0 Å². The van der Waals surface area contributed by atoms with Crippen LogP contribution in [0.15, 0.2) is 65.7 Å². The molecule has 1 amide bonds. The van der Waals surface area contributed by atoms with Crippen LogP contribution in [-0.4, -0.2) is 19.3 Å². The van der Waals surface area contributed by atoms with Crippen molar-refractivity contribution in [3.63, 3.8) is 0 Å². The number of nitrogens with one attached hydrogen (secondary N) is 3. The summed E-state index contributed by atoms with van der Waals surface area (Å²) < 4.78 is 40.7. The lowest BCUT2D eigenvalue weighted by molar-refractivity contribution is 0.0935. The molecule has 3 N–H and O–H groups in total. The number of carbonyl (C=O) groups is 1. The molecule has 0 fully saturated rings. The average molecular weight is 422 g/mol. The highest BCUT2D eigenvalue weighted by molar-refractivity contribution is 7.92. The maximum Gasteiger partial charge on any atom is 0.268 e. The van der Waals surface area contributed by atoms with E-state index in [1.807, 2.05) is 0 Å². The lowest BCUT2D eigenvalue weighted by Crippen LogP contribution is -2.26.